The Morgan fingerprint density at radius 2 is 1.90 bits per heavy atom. The molecule has 0 aliphatic carbocycles. The van der Waals surface area contributed by atoms with Gasteiger partial charge in [-0.2, -0.15) is 0 Å². The lowest BCUT2D eigenvalue weighted by molar-refractivity contribution is 0.466. The molecule has 1 aromatic carbocycles. The Labute approximate surface area is 135 Å². The Morgan fingerprint density at radius 3 is 2.67 bits per heavy atom. The highest BCUT2D eigenvalue weighted by Gasteiger charge is 2.11. The second kappa shape index (κ2) is 6.47. The average Bonchev–Trinajstić information content (AvgIpc) is 2.96. The minimum Gasteiger partial charge on any atom is -0.411 e. The van der Waals surface area contributed by atoms with Crippen molar-refractivity contribution in [3.63, 3.8) is 0 Å². The molecule has 2 aromatic heterocycles. The van der Waals surface area contributed by atoms with Crippen LogP contribution >= 0.6 is 35.0 Å². The van der Waals surface area contributed by atoms with Crippen molar-refractivity contribution in [1.82, 2.24) is 15.2 Å². The van der Waals surface area contributed by atoms with Crippen LogP contribution in [0.1, 0.15) is 5.56 Å². The van der Waals surface area contributed by atoms with E-state index < -0.39 is 0 Å². The Kier molecular flexibility index (Phi) is 4.43. The third-order valence-corrected chi connectivity index (χ3v) is 4.10. The number of hydrogen-bond donors (Lipinski definition) is 0. The van der Waals surface area contributed by atoms with Gasteiger partial charge in [-0.05, 0) is 23.8 Å². The fourth-order valence-electron chi connectivity index (χ4n) is 1.65. The molecule has 106 valence electrons. The Balaban J connectivity index is 1.71. The van der Waals surface area contributed by atoms with Gasteiger partial charge in [-0.15, -0.1) is 10.2 Å². The van der Waals surface area contributed by atoms with Gasteiger partial charge in [0.1, 0.15) is 5.15 Å². The first kappa shape index (κ1) is 14.4. The zero-order chi connectivity index (χ0) is 14.7. The molecule has 2 heterocycles. The molecule has 0 amide bonds. The summed E-state index contributed by atoms with van der Waals surface area (Å²) in [4.78, 5) is 4.02. The lowest BCUT2D eigenvalue weighted by Gasteiger charge is -1.98. The molecule has 0 bridgehead atoms. The van der Waals surface area contributed by atoms with Crippen LogP contribution in [0.5, 0.6) is 0 Å². The molecule has 0 fully saturated rings. The monoisotopic (exact) mass is 337 g/mol. The predicted octanol–water partition coefficient (Wildman–Crippen LogP) is 4.73. The summed E-state index contributed by atoms with van der Waals surface area (Å²) in [5, 5.41) is 9.57. The fraction of sp³-hybridized carbons (Fsp3) is 0.0714. The van der Waals surface area contributed by atoms with Crippen molar-refractivity contribution in [2.24, 2.45) is 0 Å². The van der Waals surface area contributed by atoms with Gasteiger partial charge in [0.25, 0.3) is 5.22 Å². The van der Waals surface area contributed by atoms with Crippen LogP contribution < -0.4 is 0 Å². The SMILES string of the molecule is Clc1ccc(CSc2nnc(-c3ccccc3Cl)o2)cn1. The molecule has 4 nitrogen and oxygen atoms in total. The quantitative estimate of drug-likeness (QED) is 0.508. The van der Waals surface area contributed by atoms with Crippen LogP contribution in [-0.4, -0.2) is 15.2 Å². The zero-order valence-corrected chi connectivity index (χ0v) is 13.0. The van der Waals surface area contributed by atoms with Gasteiger partial charge in [-0.1, -0.05) is 53.2 Å². The third kappa shape index (κ3) is 3.56. The zero-order valence-electron chi connectivity index (χ0n) is 10.7. The number of aromatic nitrogens is 3. The van der Waals surface area contributed by atoms with E-state index in [0.717, 1.165) is 11.1 Å². The molecule has 0 aliphatic rings. The molecule has 0 atom stereocenters. The first-order chi connectivity index (χ1) is 10.2. The topological polar surface area (TPSA) is 51.8 Å². The normalized spacial score (nSPS) is 10.8. The second-order valence-electron chi connectivity index (χ2n) is 4.13. The average molecular weight is 338 g/mol. The molecule has 3 rings (SSSR count). The number of nitrogens with zero attached hydrogens (tertiary/aromatic N) is 3. The van der Waals surface area contributed by atoms with Crippen LogP contribution in [-0.2, 0) is 5.75 Å². The highest BCUT2D eigenvalue weighted by molar-refractivity contribution is 7.98. The second-order valence-corrected chi connectivity index (χ2v) is 5.85. The van der Waals surface area contributed by atoms with Gasteiger partial charge in [0, 0.05) is 11.9 Å². The van der Waals surface area contributed by atoms with Gasteiger partial charge >= 0.3 is 0 Å². The summed E-state index contributed by atoms with van der Waals surface area (Å²) in [5.41, 5.74) is 1.76. The molecule has 0 saturated heterocycles. The lowest BCUT2D eigenvalue weighted by atomic mass is 10.2. The minimum absolute atomic E-state index is 0.414. The van der Waals surface area contributed by atoms with E-state index in [-0.39, 0.29) is 0 Å². The van der Waals surface area contributed by atoms with Crippen LogP contribution in [0.3, 0.4) is 0 Å². The van der Waals surface area contributed by atoms with Gasteiger partial charge in [0.15, 0.2) is 0 Å². The van der Waals surface area contributed by atoms with E-state index in [0.29, 0.717) is 27.0 Å². The van der Waals surface area contributed by atoms with Crippen molar-refractivity contribution in [1.29, 1.82) is 0 Å². The van der Waals surface area contributed by atoms with Gasteiger partial charge in [-0.25, -0.2) is 4.98 Å². The van der Waals surface area contributed by atoms with Crippen LogP contribution in [0.15, 0.2) is 52.2 Å². The number of halogens is 2. The van der Waals surface area contributed by atoms with Gasteiger partial charge in [0.05, 0.1) is 10.6 Å². The molecule has 0 radical (unpaired) electrons. The number of hydrogen-bond acceptors (Lipinski definition) is 5. The molecule has 0 unspecified atom stereocenters. The molecule has 0 spiro atoms. The summed E-state index contributed by atoms with van der Waals surface area (Å²) < 4.78 is 5.61. The fourth-order valence-corrected chi connectivity index (χ4v) is 2.67. The van der Waals surface area contributed by atoms with E-state index >= 15 is 0 Å². The number of rotatable bonds is 4. The van der Waals surface area contributed by atoms with Crippen LogP contribution in [0.2, 0.25) is 10.2 Å². The van der Waals surface area contributed by atoms with Crippen molar-refractivity contribution < 1.29 is 4.42 Å². The first-order valence-electron chi connectivity index (χ1n) is 6.04. The van der Waals surface area contributed by atoms with E-state index in [9.17, 15) is 0 Å². The number of benzene rings is 1. The van der Waals surface area contributed by atoms with Crippen LogP contribution in [0.25, 0.3) is 11.5 Å². The van der Waals surface area contributed by atoms with Crippen molar-refractivity contribution >= 4 is 35.0 Å². The maximum absolute atomic E-state index is 6.10. The summed E-state index contributed by atoms with van der Waals surface area (Å²) >= 11 is 13.3. The summed E-state index contributed by atoms with van der Waals surface area (Å²) in [7, 11) is 0. The molecule has 0 aliphatic heterocycles. The van der Waals surface area contributed by atoms with E-state index in [1.807, 2.05) is 24.3 Å². The smallest absolute Gasteiger partial charge is 0.277 e. The van der Waals surface area contributed by atoms with Crippen molar-refractivity contribution in [3.05, 3.63) is 58.3 Å². The Morgan fingerprint density at radius 1 is 1.05 bits per heavy atom. The van der Waals surface area contributed by atoms with Gasteiger partial charge in [0.2, 0.25) is 5.89 Å². The molecular formula is C14H9Cl2N3OS. The number of thioether (sulfide) groups is 1. The maximum atomic E-state index is 6.10. The van der Waals surface area contributed by atoms with Gasteiger partial charge in [-0.3, -0.25) is 0 Å². The van der Waals surface area contributed by atoms with Crippen molar-refractivity contribution in [2.75, 3.05) is 0 Å². The highest BCUT2D eigenvalue weighted by atomic mass is 35.5. The summed E-state index contributed by atoms with van der Waals surface area (Å²) in [5.74, 6) is 1.09. The molecular weight excluding hydrogens is 329 g/mol. The van der Waals surface area contributed by atoms with Crippen LogP contribution in [0, 0.1) is 0 Å². The molecule has 21 heavy (non-hydrogen) atoms. The molecule has 7 heteroatoms. The Hall–Kier alpha value is -1.56. The third-order valence-electron chi connectivity index (χ3n) is 2.66. The van der Waals surface area contributed by atoms with Gasteiger partial charge < -0.3 is 4.42 Å². The number of pyridine rings is 1. The summed E-state index contributed by atoms with van der Waals surface area (Å²) in [6.07, 6.45) is 1.72. The molecule has 0 saturated carbocycles. The van der Waals surface area contributed by atoms with Crippen molar-refractivity contribution in [2.45, 2.75) is 11.0 Å². The van der Waals surface area contributed by atoms with E-state index in [1.165, 1.54) is 11.8 Å². The maximum Gasteiger partial charge on any atom is 0.277 e. The lowest BCUT2D eigenvalue weighted by Crippen LogP contribution is -1.83. The predicted molar refractivity (Wildman–Crippen MR) is 83.6 cm³/mol. The van der Waals surface area contributed by atoms with E-state index in [4.69, 9.17) is 27.6 Å². The molecule has 3 aromatic rings. The van der Waals surface area contributed by atoms with Crippen molar-refractivity contribution in [3.8, 4) is 11.5 Å². The minimum atomic E-state index is 0.414. The van der Waals surface area contributed by atoms with Crippen LogP contribution in [0.4, 0.5) is 0 Å². The largest absolute Gasteiger partial charge is 0.411 e. The van der Waals surface area contributed by atoms with E-state index in [2.05, 4.69) is 15.2 Å². The molecule has 0 N–H and O–H groups in total. The summed E-state index contributed by atoms with van der Waals surface area (Å²) in [6.45, 7) is 0. The highest BCUT2D eigenvalue weighted by Crippen LogP contribution is 2.29. The standard InChI is InChI=1S/C14H9Cl2N3OS/c15-11-4-2-1-3-10(11)13-18-19-14(20-13)21-8-9-5-6-12(16)17-7-9/h1-7H,8H2. The summed E-state index contributed by atoms with van der Waals surface area (Å²) in [6, 6.07) is 11.0. The first-order valence-corrected chi connectivity index (χ1v) is 7.78. The van der Waals surface area contributed by atoms with E-state index in [1.54, 1.807) is 18.3 Å². The Bertz CT molecular complexity index is 746.